The third kappa shape index (κ3) is 11.6. The van der Waals surface area contributed by atoms with Crippen LogP contribution in [0, 0.1) is 0 Å². The molecule has 0 N–H and O–H groups in total. The summed E-state index contributed by atoms with van der Waals surface area (Å²) in [6.45, 7) is 10.2. The van der Waals surface area contributed by atoms with Crippen molar-refractivity contribution in [2.45, 2.75) is 72.0 Å². The summed E-state index contributed by atoms with van der Waals surface area (Å²) in [5.41, 5.74) is -0.324. The van der Waals surface area contributed by atoms with Gasteiger partial charge < -0.3 is 4.74 Å². The van der Waals surface area contributed by atoms with Crippen LogP contribution in [0.25, 0.3) is 0 Å². The number of ether oxygens (including phenoxy) is 1. The van der Waals surface area contributed by atoms with Gasteiger partial charge in [-0.1, -0.05) is 13.3 Å². The molecule has 4 nitrogen and oxygen atoms in total. The highest BCUT2D eigenvalue weighted by molar-refractivity contribution is 5.69. The summed E-state index contributed by atoms with van der Waals surface area (Å²) in [5, 5.41) is 0. The fourth-order valence-corrected chi connectivity index (χ4v) is 0.998. The molecule has 17 heavy (non-hydrogen) atoms. The van der Waals surface area contributed by atoms with Gasteiger partial charge in [-0.15, -0.1) is 0 Å². The lowest BCUT2D eigenvalue weighted by Gasteiger charge is -2.20. The highest BCUT2D eigenvalue weighted by Gasteiger charge is 2.15. The van der Waals surface area contributed by atoms with E-state index in [0.717, 1.165) is 12.8 Å². The molecule has 0 amide bonds. The molecule has 0 aromatic carbocycles. The molecule has 0 aromatic rings. The van der Waals surface area contributed by atoms with Crippen LogP contribution in [0.4, 0.5) is 0 Å². The molecule has 0 saturated carbocycles. The van der Waals surface area contributed by atoms with E-state index in [-0.39, 0.29) is 17.7 Å². The van der Waals surface area contributed by atoms with Gasteiger partial charge in [0.25, 0.3) is 0 Å². The van der Waals surface area contributed by atoms with Crippen molar-refractivity contribution in [3.05, 3.63) is 0 Å². The van der Waals surface area contributed by atoms with Crippen molar-refractivity contribution in [2.75, 3.05) is 6.61 Å². The Morgan fingerprint density at radius 2 is 1.94 bits per heavy atom. The van der Waals surface area contributed by atoms with Crippen molar-refractivity contribution < 1.29 is 19.3 Å². The standard InChI is InChI=1S/C13H26O4/c1-6-7-10-15-12(14)9-8-11(2)16-17-13(3,4)5/h11H,6-10H2,1-5H3. The second kappa shape index (κ2) is 8.48. The molecule has 0 spiro atoms. The van der Waals surface area contributed by atoms with Crippen LogP contribution in [0.15, 0.2) is 0 Å². The van der Waals surface area contributed by atoms with Gasteiger partial charge in [0.15, 0.2) is 0 Å². The van der Waals surface area contributed by atoms with Crippen molar-refractivity contribution in [1.82, 2.24) is 0 Å². The van der Waals surface area contributed by atoms with E-state index in [0.29, 0.717) is 19.4 Å². The first kappa shape index (κ1) is 16.4. The predicted molar refractivity (Wildman–Crippen MR) is 66.5 cm³/mol. The van der Waals surface area contributed by atoms with E-state index in [9.17, 15) is 4.79 Å². The highest BCUT2D eigenvalue weighted by atomic mass is 17.2. The first-order valence-electron chi connectivity index (χ1n) is 6.35. The van der Waals surface area contributed by atoms with Crippen LogP contribution in [-0.2, 0) is 19.3 Å². The number of carbonyl (C=O) groups excluding carboxylic acids is 1. The molecule has 0 aromatic heterocycles. The second-order valence-electron chi connectivity index (χ2n) is 5.22. The molecule has 0 aliphatic rings. The van der Waals surface area contributed by atoms with Gasteiger partial charge >= 0.3 is 5.97 Å². The lowest BCUT2D eigenvalue weighted by Crippen LogP contribution is -2.23. The fourth-order valence-electron chi connectivity index (χ4n) is 0.998. The predicted octanol–water partition coefficient (Wildman–Crippen LogP) is 3.25. The molecule has 0 rings (SSSR count). The number of unbranched alkanes of at least 4 members (excludes halogenated alkanes) is 1. The summed E-state index contributed by atoms with van der Waals surface area (Å²) in [6.07, 6.45) is 2.84. The van der Waals surface area contributed by atoms with Crippen LogP contribution in [-0.4, -0.2) is 24.3 Å². The Labute approximate surface area is 105 Å². The zero-order chi connectivity index (χ0) is 13.3. The SMILES string of the molecule is CCCCOC(=O)CCC(C)OOC(C)(C)C. The van der Waals surface area contributed by atoms with Crippen LogP contribution in [0.1, 0.15) is 60.3 Å². The number of hydrogen-bond donors (Lipinski definition) is 0. The van der Waals surface area contributed by atoms with Gasteiger partial charge in [0.2, 0.25) is 0 Å². The molecule has 0 heterocycles. The van der Waals surface area contributed by atoms with E-state index < -0.39 is 0 Å². The van der Waals surface area contributed by atoms with E-state index in [1.54, 1.807) is 0 Å². The average molecular weight is 246 g/mol. The number of carbonyl (C=O) groups is 1. The van der Waals surface area contributed by atoms with Crippen molar-refractivity contribution in [2.24, 2.45) is 0 Å². The molecule has 0 aliphatic carbocycles. The van der Waals surface area contributed by atoms with Crippen LogP contribution in [0.2, 0.25) is 0 Å². The van der Waals surface area contributed by atoms with Crippen molar-refractivity contribution in [3.8, 4) is 0 Å². The molecular weight excluding hydrogens is 220 g/mol. The van der Waals surface area contributed by atoms with Gasteiger partial charge in [-0.3, -0.25) is 4.79 Å². The molecule has 0 bridgehead atoms. The Bertz CT molecular complexity index is 208. The zero-order valence-electron chi connectivity index (χ0n) is 11.7. The first-order valence-corrected chi connectivity index (χ1v) is 6.35. The van der Waals surface area contributed by atoms with Gasteiger partial charge in [0.05, 0.1) is 18.3 Å². The summed E-state index contributed by atoms with van der Waals surface area (Å²) in [5.74, 6) is -0.162. The summed E-state index contributed by atoms with van der Waals surface area (Å²) in [4.78, 5) is 21.6. The maximum absolute atomic E-state index is 11.3. The van der Waals surface area contributed by atoms with Gasteiger partial charge in [0.1, 0.15) is 0 Å². The maximum atomic E-state index is 11.3. The minimum Gasteiger partial charge on any atom is -0.466 e. The third-order valence-corrected chi connectivity index (χ3v) is 1.98. The van der Waals surface area contributed by atoms with Crippen molar-refractivity contribution >= 4 is 5.97 Å². The molecule has 4 heteroatoms. The molecular formula is C13H26O4. The summed E-state index contributed by atoms with van der Waals surface area (Å²) in [6, 6.07) is 0. The lowest BCUT2D eigenvalue weighted by atomic mass is 10.2. The van der Waals surface area contributed by atoms with E-state index in [4.69, 9.17) is 14.5 Å². The normalized spacial score (nSPS) is 13.5. The Hall–Kier alpha value is -0.610. The molecule has 0 aliphatic heterocycles. The summed E-state index contributed by atoms with van der Waals surface area (Å²) in [7, 11) is 0. The van der Waals surface area contributed by atoms with E-state index in [1.165, 1.54) is 0 Å². The van der Waals surface area contributed by atoms with Crippen LogP contribution >= 0.6 is 0 Å². The first-order chi connectivity index (χ1) is 7.85. The van der Waals surface area contributed by atoms with Crippen molar-refractivity contribution in [3.63, 3.8) is 0 Å². The Morgan fingerprint density at radius 3 is 2.47 bits per heavy atom. The fraction of sp³-hybridized carbons (Fsp3) is 0.923. The Kier molecular flexibility index (Phi) is 8.17. The smallest absolute Gasteiger partial charge is 0.305 e. The largest absolute Gasteiger partial charge is 0.466 e. The summed E-state index contributed by atoms with van der Waals surface area (Å²) < 4.78 is 5.04. The van der Waals surface area contributed by atoms with E-state index in [2.05, 4.69) is 6.92 Å². The van der Waals surface area contributed by atoms with Crippen molar-refractivity contribution in [1.29, 1.82) is 0 Å². The number of rotatable bonds is 8. The van der Waals surface area contributed by atoms with Crippen LogP contribution < -0.4 is 0 Å². The number of esters is 1. The van der Waals surface area contributed by atoms with Crippen LogP contribution in [0.5, 0.6) is 0 Å². The van der Waals surface area contributed by atoms with Crippen LogP contribution in [0.3, 0.4) is 0 Å². The molecule has 0 saturated heterocycles. The molecule has 1 unspecified atom stereocenters. The summed E-state index contributed by atoms with van der Waals surface area (Å²) >= 11 is 0. The molecule has 0 fully saturated rings. The Morgan fingerprint density at radius 1 is 1.29 bits per heavy atom. The van der Waals surface area contributed by atoms with Gasteiger partial charge in [0, 0.05) is 6.42 Å². The monoisotopic (exact) mass is 246 g/mol. The minimum atomic E-state index is -0.324. The second-order valence-corrected chi connectivity index (χ2v) is 5.22. The maximum Gasteiger partial charge on any atom is 0.305 e. The lowest BCUT2D eigenvalue weighted by molar-refractivity contribution is -0.370. The molecule has 102 valence electrons. The molecule has 0 radical (unpaired) electrons. The topological polar surface area (TPSA) is 44.8 Å². The average Bonchev–Trinajstić information content (AvgIpc) is 2.23. The highest BCUT2D eigenvalue weighted by Crippen LogP contribution is 2.11. The Balaban J connectivity index is 3.55. The minimum absolute atomic E-state index is 0.104. The number of hydrogen-bond acceptors (Lipinski definition) is 4. The van der Waals surface area contributed by atoms with E-state index in [1.807, 2.05) is 27.7 Å². The van der Waals surface area contributed by atoms with Gasteiger partial charge in [-0.2, -0.15) is 0 Å². The molecule has 1 atom stereocenters. The van der Waals surface area contributed by atoms with Gasteiger partial charge in [-0.25, -0.2) is 9.78 Å². The zero-order valence-corrected chi connectivity index (χ0v) is 11.7. The quantitative estimate of drug-likeness (QED) is 0.285. The van der Waals surface area contributed by atoms with Gasteiger partial charge in [-0.05, 0) is 40.5 Å². The van der Waals surface area contributed by atoms with E-state index >= 15 is 0 Å². The third-order valence-electron chi connectivity index (χ3n) is 1.98.